The molecule has 1 N–H and O–H groups in total. The predicted octanol–water partition coefficient (Wildman–Crippen LogP) is 3.18. The van der Waals surface area contributed by atoms with E-state index in [2.05, 4.69) is 15.9 Å². The van der Waals surface area contributed by atoms with Crippen molar-refractivity contribution in [3.63, 3.8) is 0 Å². The topological polar surface area (TPSA) is 70.7 Å². The zero-order valence-electron chi connectivity index (χ0n) is 11.9. The van der Waals surface area contributed by atoms with E-state index in [1.54, 1.807) is 11.8 Å². The summed E-state index contributed by atoms with van der Waals surface area (Å²) in [5, 5.41) is 8.95. The van der Waals surface area contributed by atoms with E-state index in [1.165, 1.54) is 6.26 Å². The van der Waals surface area contributed by atoms with E-state index in [0.29, 0.717) is 17.7 Å². The van der Waals surface area contributed by atoms with Gasteiger partial charge >= 0.3 is 5.97 Å². The largest absolute Gasteiger partial charge is 0.481 e. The third-order valence-electron chi connectivity index (χ3n) is 3.76. The van der Waals surface area contributed by atoms with E-state index in [1.807, 2.05) is 18.2 Å². The molecule has 1 aliphatic rings. The Labute approximate surface area is 135 Å². The molecular weight excluding hydrogens is 350 g/mol. The summed E-state index contributed by atoms with van der Waals surface area (Å²) in [5.74, 6) is -1.02. The molecule has 0 saturated heterocycles. The summed E-state index contributed by atoms with van der Waals surface area (Å²) >= 11 is 3.42. The number of halogens is 1. The number of hydrogen-bond acceptors (Lipinski definition) is 3. The summed E-state index contributed by atoms with van der Waals surface area (Å²) in [6, 6.07) is 5.85. The van der Waals surface area contributed by atoms with Gasteiger partial charge in [-0.2, -0.15) is 0 Å². The van der Waals surface area contributed by atoms with Gasteiger partial charge in [-0.1, -0.05) is 22.0 Å². The molecule has 1 aliphatic heterocycles. The second-order valence-corrected chi connectivity index (χ2v) is 6.18. The van der Waals surface area contributed by atoms with Gasteiger partial charge in [0.2, 0.25) is 0 Å². The number of furan rings is 1. The van der Waals surface area contributed by atoms with Crippen molar-refractivity contribution in [1.82, 2.24) is 0 Å². The minimum Gasteiger partial charge on any atom is -0.481 e. The van der Waals surface area contributed by atoms with Crippen molar-refractivity contribution in [3.05, 3.63) is 51.4 Å². The standard InChI is InChI=1S/C16H14BrNO4/c1-9-8-22-13(7-14(19)20)15(9)16(21)18-5-4-10-2-3-11(17)6-12(10)18/h2-3,6,8H,4-5,7H2,1H3,(H,19,20). The summed E-state index contributed by atoms with van der Waals surface area (Å²) in [6.07, 6.45) is 1.93. The third-order valence-corrected chi connectivity index (χ3v) is 4.26. The second-order valence-electron chi connectivity index (χ2n) is 5.27. The molecule has 1 aromatic heterocycles. The van der Waals surface area contributed by atoms with Crippen LogP contribution in [0, 0.1) is 6.92 Å². The van der Waals surface area contributed by atoms with Crippen molar-refractivity contribution in [3.8, 4) is 0 Å². The molecule has 1 amide bonds. The van der Waals surface area contributed by atoms with Crippen molar-refractivity contribution >= 4 is 33.5 Å². The Balaban J connectivity index is 1.99. The molecule has 5 nitrogen and oxygen atoms in total. The molecule has 6 heteroatoms. The lowest BCUT2D eigenvalue weighted by Crippen LogP contribution is -2.30. The highest BCUT2D eigenvalue weighted by Gasteiger charge is 2.30. The number of carbonyl (C=O) groups is 2. The molecule has 0 spiro atoms. The molecule has 0 aliphatic carbocycles. The number of hydrogen-bond donors (Lipinski definition) is 1. The molecule has 22 heavy (non-hydrogen) atoms. The van der Waals surface area contributed by atoms with Gasteiger partial charge in [0.25, 0.3) is 5.91 Å². The lowest BCUT2D eigenvalue weighted by Gasteiger charge is -2.18. The highest BCUT2D eigenvalue weighted by Crippen LogP contribution is 2.33. The maximum atomic E-state index is 12.9. The molecule has 114 valence electrons. The first-order valence-electron chi connectivity index (χ1n) is 6.86. The van der Waals surface area contributed by atoms with Crippen molar-refractivity contribution in [2.75, 3.05) is 11.4 Å². The average molecular weight is 364 g/mol. The van der Waals surface area contributed by atoms with Crippen LogP contribution < -0.4 is 4.90 Å². The van der Waals surface area contributed by atoms with Gasteiger partial charge < -0.3 is 14.4 Å². The molecule has 0 unspecified atom stereocenters. The first-order valence-corrected chi connectivity index (χ1v) is 7.65. The zero-order chi connectivity index (χ0) is 15.9. The van der Waals surface area contributed by atoms with E-state index in [4.69, 9.17) is 9.52 Å². The number of amides is 1. The number of nitrogens with zero attached hydrogens (tertiary/aromatic N) is 1. The van der Waals surface area contributed by atoms with E-state index in [-0.39, 0.29) is 18.1 Å². The number of rotatable bonds is 3. The fourth-order valence-electron chi connectivity index (χ4n) is 2.75. The number of carboxylic acid groups (broad SMARTS) is 1. The Kier molecular flexibility index (Phi) is 3.78. The Morgan fingerprint density at radius 3 is 2.91 bits per heavy atom. The first kappa shape index (κ1) is 14.8. The van der Waals surface area contributed by atoms with Crippen molar-refractivity contribution in [1.29, 1.82) is 0 Å². The molecule has 0 saturated carbocycles. The Bertz CT molecular complexity index is 766. The molecule has 2 aromatic rings. The van der Waals surface area contributed by atoms with E-state index in [0.717, 1.165) is 22.1 Å². The normalized spacial score (nSPS) is 13.3. The third kappa shape index (κ3) is 2.54. The Hall–Kier alpha value is -2.08. The van der Waals surface area contributed by atoms with Crippen LogP contribution in [-0.2, 0) is 17.6 Å². The zero-order valence-corrected chi connectivity index (χ0v) is 13.5. The van der Waals surface area contributed by atoms with Crippen LogP contribution in [0.15, 0.2) is 33.4 Å². The van der Waals surface area contributed by atoms with E-state index < -0.39 is 5.97 Å². The minimum atomic E-state index is -1.02. The van der Waals surface area contributed by atoms with Crippen molar-refractivity contribution in [2.45, 2.75) is 19.8 Å². The van der Waals surface area contributed by atoms with Crippen molar-refractivity contribution < 1.29 is 19.1 Å². The Morgan fingerprint density at radius 1 is 1.41 bits per heavy atom. The SMILES string of the molecule is Cc1coc(CC(=O)O)c1C(=O)N1CCc2ccc(Br)cc21. The molecule has 0 atom stereocenters. The van der Waals surface area contributed by atoms with Gasteiger partial charge in [0, 0.05) is 22.3 Å². The second kappa shape index (κ2) is 5.61. The van der Waals surface area contributed by atoms with Crippen LogP contribution in [0.1, 0.15) is 27.2 Å². The molecular formula is C16H14BrNO4. The number of anilines is 1. The van der Waals surface area contributed by atoms with Crippen LogP contribution >= 0.6 is 15.9 Å². The lowest BCUT2D eigenvalue weighted by atomic mass is 10.1. The van der Waals surface area contributed by atoms with Gasteiger partial charge in [-0.3, -0.25) is 9.59 Å². The highest BCUT2D eigenvalue weighted by atomic mass is 79.9. The van der Waals surface area contributed by atoms with Gasteiger partial charge in [-0.15, -0.1) is 0 Å². The van der Waals surface area contributed by atoms with E-state index >= 15 is 0 Å². The molecule has 0 bridgehead atoms. The summed E-state index contributed by atoms with van der Waals surface area (Å²) in [6.45, 7) is 2.34. The van der Waals surface area contributed by atoms with Crippen LogP contribution in [0.4, 0.5) is 5.69 Å². The number of carbonyl (C=O) groups excluding carboxylic acids is 1. The maximum Gasteiger partial charge on any atom is 0.311 e. The number of benzene rings is 1. The summed E-state index contributed by atoms with van der Waals surface area (Å²) in [4.78, 5) is 25.5. The predicted molar refractivity (Wildman–Crippen MR) is 84.3 cm³/mol. The number of fused-ring (bicyclic) bond motifs is 1. The van der Waals surface area contributed by atoms with E-state index in [9.17, 15) is 9.59 Å². The Morgan fingerprint density at radius 2 is 2.18 bits per heavy atom. The summed E-state index contributed by atoms with van der Waals surface area (Å²) < 4.78 is 6.16. The van der Waals surface area contributed by atoms with Crippen molar-refractivity contribution in [2.24, 2.45) is 0 Å². The van der Waals surface area contributed by atoms with Crippen LogP contribution in [0.25, 0.3) is 0 Å². The fraction of sp³-hybridized carbons (Fsp3) is 0.250. The number of aryl methyl sites for hydroxylation is 1. The van der Waals surface area contributed by atoms with Gasteiger partial charge in [0.15, 0.2) is 0 Å². The molecule has 0 fully saturated rings. The molecule has 2 heterocycles. The quantitative estimate of drug-likeness (QED) is 0.908. The summed E-state index contributed by atoms with van der Waals surface area (Å²) in [5.41, 5.74) is 2.98. The molecule has 0 radical (unpaired) electrons. The van der Waals surface area contributed by atoms with Gasteiger partial charge in [-0.05, 0) is 31.0 Å². The molecule has 3 rings (SSSR count). The first-order chi connectivity index (χ1) is 10.5. The maximum absolute atomic E-state index is 12.9. The van der Waals surface area contributed by atoms with Crippen LogP contribution in [0.2, 0.25) is 0 Å². The van der Waals surface area contributed by atoms with Crippen LogP contribution in [0.3, 0.4) is 0 Å². The lowest BCUT2D eigenvalue weighted by molar-refractivity contribution is -0.136. The summed E-state index contributed by atoms with van der Waals surface area (Å²) in [7, 11) is 0. The number of aliphatic carboxylic acids is 1. The average Bonchev–Trinajstić information content (AvgIpc) is 3.01. The van der Waals surface area contributed by atoms with Crippen LogP contribution in [-0.4, -0.2) is 23.5 Å². The highest BCUT2D eigenvalue weighted by molar-refractivity contribution is 9.10. The van der Waals surface area contributed by atoms with Gasteiger partial charge in [0.1, 0.15) is 12.2 Å². The van der Waals surface area contributed by atoms with Gasteiger partial charge in [-0.25, -0.2) is 0 Å². The number of carboxylic acids is 1. The van der Waals surface area contributed by atoms with Gasteiger partial charge in [0.05, 0.1) is 11.8 Å². The smallest absolute Gasteiger partial charge is 0.311 e. The van der Waals surface area contributed by atoms with Crippen LogP contribution in [0.5, 0.6) is 0 Å². The minimum absolute atomic E-state index is 0.207. The fourth-order valence-corrected chi connectivity index (χ4v) is 3.10. The monoisotopic (exact) mass is 363 g/mol. The molecule has 1 aromatic carbocycles.